The highest BCUT2D eigenvalue weighted by Gasteiger charge is 2.16. The molecule has 0 aliphatic carbocycles. The first-order valence-electron chi connectivity index (χ1n) is 7.42. The van der Waals surface area contributed by atoms with Crippen LogP contribution in [0.25, 0.3) is 11.1 Å². The number of unbranched alkanes of at least 4 members (excludes halogenated alkanes) is 2. The Morgan fingerprint density at radius 1 is 0.909 bits per heavy atom. The summed E-state index contributed by atoms with van der Waals surface area (Å²) in [7, 11) is 0. The average molecular weight is 308 g/mol. The van der Waals surface area contributed by atoms with Gasteiger partial charge in [0.2, 0.25) is 0 Å². The third kappa shape index (κ3) is 3.62. The predicted molar refractivity (Wildman–Crippen MR) is 81.5 cm³/mol. The van der Waals surface area contributed by atoms with Crippen LogP contribution in [-0.4, -0.2) is 6.61 Å². The minimum atomic E-state index is -1.03. The van der Waals surface area contributed by atoms with Gasteiger partial charge in [-0.2, -0.15) is 0 Å². The molecular weight excluding hydrogens is 289 g/mol. The van der Waals surface area contributed by atoms with Gasteiger partial charge >= 0.3 is 0 Å². The molecule has 0 N–H and O–H groups in total. The lowest BCUT2D eigenvalue weighted by Gasteiger charge is -2.10. The van der Waals surface area contributed by atoms with Crippen LogP contribution < -0.4 is 4.74 Å². The Kier molecular flexibility index (Phi) is 5.47. The van der Waals surface area contributed by atoms with Crippen LogP contribution >= 0.6 is 0 Å². The summed E-state index contributed by atoms with van der Waals surface area (Å²) in [6.07, 6.45) is 3.03. The number of aryl methyl sites for hydroxylation is 1. The molecule has 22 heavy (non-hydrogen) atoms. The molecule has 2 aromatic carbocycles. The highest BCUT2D eigenvalue weighted by atomic mass is 19.2. The van der Waals surface area contributed by atoms with Gasteiger partial charge in [-0.05, 0) is 31.0 Å². The molecule has 0 aliphatic heterocycles. The maximum Gasteiger partial charge on any atom is 0.167 e. The van der Waals surface area contributed by atoms with E-state index in [-0.39, 0.29) is 16.7 Å². The van der Waals surface area contributed by atoms with Crippen LogP contribution in [0, 0.1) is 24.4 Å². The zero-order valence-corrected chi connectivity index (χ0v) is 12.8. The normalized spacial score (nSPS) is 10.8. The van der Waals surface area contributed by atoms with E-state index >= 15 is 0 Å². The van der Waals surface area contributed by atoms with Crippen LogP contribution in [0.2, 0.25) is 0 Å². The van der Waals surface area contributed by atoms with Gasteiger partial charge in [-0.1, -0.05) is 31.9 Å². The fraction of sp³-hybridized carbons (Fsp3) is 0.333. The lowest BCUT2D eigenvalue weighted by molar-refractivity contribution is 0.305. The van der Waals surface area contributed by atoms with Crippen molar-refractivity contribution in [3.63, 3.8) is 0 Å². The Labute approximate surface area is 128 Å². The quantitative estimate of drug-likeness (QED) is 0.627. The Morgan fingerprint density at radius 2 is 1.64 bits per heavy atom. The second-order valence-corrected chi connectivity index (χ2v) is 5.26. The molecule has 118 valence electrons. The van der Waals surface area contributed by atoms with Crippen molar-refractivity contribution >= 4 is 0 Å². The summed E-state index contributed by atoms with van der Waals surface area (Å²) in [5.74, 6) is -2.22. The molecule has 0 amide bonds. The van der Waals surface area contributed by atoms with E-state index in [9.17, 15) is 13.2 Å². The monoisotopic (exact) mass is 308 g/mol. The van der Waals surface area contributed by atoms with Gasteiger partial charge in [0.25, 0.3) is 0 Å². The second kappa shape index (κ2) is 7.34. The number of hydrogen-bond acceptors (Lipinski definition) is 1. The minimum Gasteiger partial charge on any atom is -0.493 e. The smallest absolute Gasteiger partial charge is 0.167 e. The van der Waals surface area contributed by atoms with Crippen molar-refractivity contribution in [1.29, 1.82) is 0 Å². The van der Waals surface area contributed by atoms with Crippen molar-refractivity contribution in [3.05, 3.63) is 53.3 Å². The van der Waals surface area contributed by atoms with E-state index in [2.05, 4.69) is 6.92 Å². The summed E-state index contributed by atoms with van der Waals surface area (Å²) in [4.78, 5) is 0. The van der Waals surface area contributed by atoms with Crippen LogP contribution in [0.5, 0.6) is 5.75 Å². The molecule has 0 saturated carbocycles. The lowest BCUT2D eigenvalue weighted by Crippen LogP contribution is -1.99. The van der Waals surface area contributed by atoms with Gasteiger partial charge in [0.05, 0.1) is 6.61 Å². The van der Waals surface area contributed by atoms with Crippen LogP contribution in [-0.2, 0) is 0 Å². The molecule has 1 nitrogen and oxygen atoms in total. The zero-order valence-electron chi connectivity index (χ0n) is 12.8. The van der Waals surface area contributed by atoms with Crippen molar-refractivity contribution in [2.75, 3.05) is 6.61 Å². The molecule has 4 heteroatoms. The van der Waals surface area contributed by atoms with Crippen LogP contribution in [0.15, 0.2) is 30.3 Å². The highest BCUT2D eigenvalue weighted by Crippen LogP contribution is 2.30. The molecule has 2 rings (SSSR count). The summed E-state index contributed by atoms with van der Waals surface area (Å²) in [5.41, 5.74) is 0.132. The zero-order chi connectivity index (χ0) is 16.1. The third-order valence-electron chi connectivity index (χ3n) is 3.52. The fourth-order valence-electron chi connectivity index (χ4n) is 2.20. The van der Waals surface area contributed by atoms with E-state index in [4.69, 9.17) is 4.74 Å². The first-order valence-corrected chi connectivity index (χ1v) is 7.42. The Bertz CT molecular complexity index is 653. The van der Waals surface area contributed by atoms with E-state index in [0.29, 0.717) is 12.4 Å². The van der Waals surface area contributed by atoms with Gasteiger partial charge < -0.3 is 4.74 Å². The van der Waals surface area contributed by atoms with Crippen molar-refractivity contribution in [1.82, 2.24) is 0 Å². The molecule has 0 fully saturated rings. The van der Waals surface area contributed by atoms with Gasteiger partial charge in [-0.3, -0.25) is 0 Å². The SMILES string of the molecule is CCCCCOc1ccc(-c2ccc(C)c(F)c2F)c(F)c1. The summed E-state index contributed by atoms with van der Waals surface area (Å²) in [6, 6.07) is 7.01. The maximum atomic E-state index is 14.2. The summed E-state index contributed by atoms with van der Waals surface area (Å²) >= 11 is 0. The van der Waals surface area contributed by atoms with Crippen molar-refractivity contribution in [3.8, 4) is 16.9 Å². The lowest BCUT2D eigenvalue weighted by atomic mass is 10.0. The third-order valence-corrected chi connectivity index (χ3v) is 3.52. The Hall–Kier alpha value is -1.97. The Morgan fingerprint density at radius 3 is 2.32 bits per heavy atom. The second-order valence-electron chi connectivity index (χ2n) is 5.26. The molecule has 0 spiro atoms. The molecule has 0 aromatic heterocycles. The molecule has 0 bridgehead atoms. The summed E-state index contributed by atoms with van der Waals surface area (Å²) in [5, 5.41) is 0. The predicted octanol–water partition coefficient (Wildman–Crippen LogP) is 5.65. The van der Waals surface area contributed by atoms with Crippen molar-refractivity contribution < 1.29 is 17.9 Å². The van der Waals surface area contributed by atoms with E-state index in [1.807, 2.05) is 0 Å². The first kappa shape index (κ1) is 16.4. The molecule has 0 unspecified atom stereocenters. The van der Waals surface area contributed by atoms with E-state index in [0.717, 1.165) is 19.3 Å². The molecule has 0 atom stereocenters. The number of halogens is 3. The van der Waals surface area contributed by atoms with Gasteiger partial charge in [0, 0.05) is 17.2 Å². The number of ether oxygens (including phenoxy) is 1. The van der Waals surface area contributed by atoms with Gasteiger partial charge in [-0.25, -0.2) is 13.2 Å². The van der Waals surface area contributed by atoms with Crippen LogP contribution in [0.3, 0.4) is 0 Å². The van der Waals surface area contributed by atoms with Gasteiger partial charge in [0.15, 0.2) is 11.6 Å². The first-order chi connectivity index (χ1) is 10.5. The molecule has 0 saturated heterocycles. The summed E-state index contributed by atoms with van der Waals surface area (Å²) in [6.45, 7) is 4.07. The minimum absolute atomic E-state index is 0.0253. The standard InChI is InChI=1S/C18H19F3O/c1-3-4-5-10-22-13-7-9-14(16(19)11-13)15-8-6-12(2)17(20)18(15)21/h6-9,11H,3-5,10H2,1-2H3. The van der Waals surface area contributed by atoms with Crippen LogP contribution in [0.4, 0.5) is 13.2 Å². The van der Waals surface area contributed by atoms with E-state index in [1.54, 1.807) is 6.07 Å². The van der Waals surface area contributed by atoms with E-state index < -0.39 is 17.5 Å². The van der Waals surface area contributed by atoms with Crippen molar-refractivity contribution in [2.24, 2.45) is 0 Å². The van der Waals surface area contributed by atoms with Gasteiger partial charge in [0.1, 0.15) is 11.6 Å². The largest absolute Gasteiger partial charge is 0.493 e. The van der Waals surface area contributed by atoms with Crippen LogP contribution in [0.1, 0.15) is 31.7 Å². The molecule has 0 aliphatic rings. The number of hydrogen-bond donors (Lipinski definition) is 0. The molecule has 2 aromatic rings. The number of rotatable bonds is 6. The topological polar surface area (TPSA) is 9.23 Å². The Balaban J connectivity index is 2.21. The van der Waals surface area contributed by atoms with Gasteiger partial charge in [-0.15, -0.1) is 0 Å². The van der Waals surface area contributed by atoms with E-state index in [1.165, 1.54) is 31.2 Å². The molecule has 0 heterocycles. The average Bonchev–Trinajstić information content (AvgIpc) is 2.50. The summed E-state index contributed by atoms with van der Waals surface area (Å²) < 4.78 is 47.1. The maximum absolute atomic E-state index is 14.2. The molecular formula is C18H19F3O. The molecule has 0 radical (unpaired) electrons. The fourth-order valence-corrected chi connectivity index (χ4v) is 2.20. The highest BCUT2D eigenvalue weighted by molar-refractivity contribution is 5.66. The van der Waals surface area contributed by atoms with Crippen molar-refractivity contribution in [2.45, 2.75) is 33.1 Å². The number of benzene rings is 2.